The van der Waals surface area contributed by atoms with Crippen molar-refractivity contribution in [2.45, 2.75) is 33.6 Å². The fourth-order valence-electron chi connectivity index (χ4n) is 1.02. The van der Waals surface area contributed by atoms with Crippen LogP contribution < -0.4 is 5.32 Å². The first kappa shape index (κ1) is 10.5. The SMILES string of the molecule is CCc1csc(NCCC(C)C)n1. The Labute approximate surface area is 84.4 Å². The van der Waals surface area contributed by atoms with Crippen molar-refractivity contribution in [1.29, 1.82) is 0 Å². The van der Waals surface area contributed by atoms with Crippen molar-refractivity contribution in [1.82, 2.24) is 4.98 Å². The molecule has 74 valence electrons. The molecule has 3 heteroatoms. The minimum absolute atomic E-state index is 0.762. The van der Waals surface area contributed by atoms with Gasteiger partial charge < -0.3 is 5.32 Å². The fourth-order valence-corrected chi connectivity index (χ4v) is 1.84. The average molecular weight is 198 g/mol. The zero-order valence-corrected chi connectivity index (χ0v) is 9.45. The van der Waals surface area contributed by atoms with Gasteiger partial charge in [0, 0.05) is 11.9 Å². The van der Waals surface area contributed by atoms with Gasteiger partial charge in [-0.1, -0.05) is 20.8 Å². The number of nitrogens with zero attached hydrogens (tertiary/aromatic N) is 1. The largest absolute Gasteiger partial charge is 0.362 e. The lowest BCUT2D eigenvalue weighted by molar-refractivity contribution is 0.607. The Kier molecular flexibility index (Phi) is 4.22. The maximum Gasteiger partial charge on any atom is 0.182 e. The molecule has 0 aromatic carbocycles. The smallest absolute Gasteiger partial charge is 0.182 e. The molecule has 13 heavy (non-hydrogen) atoms. The first-order valence-electron chi connectivity index (χ1n) is 4.90. The van der Waals surface area contributed by atoms with E-state index in [0.717, 1.165) is 24.0 Å². The predicted molar refractivity (Wildman–Crippen MR) is 59.4 cm³/mol. The highest BCUT2D eigenvalue weighted by atomic mass is 32.1. The van der Waals surface area contributed by atoms with Gasteiger partial charge in [0.15, 0.2) is 5.13 Å². The van der Waals surface area contributed by atoms with Crippen LogP contribution >= 0.6 is 11.3 Å². The second-order valence-corrected chi connectivity index (χ2v) is 4.46. The highest BCUT2D eigenvalue weighted by Gasteiger charge is 1.99. The normalized spacial score (nSPS) is 10.8. The van der Waals surface area contributed by atoms with E-state index < -0.39 is 0 Å². The predicted octanol–water partition coefficient (Wildman–Crippen LogP) is 3.16. The van der Waals surface area contributed by atoms with E-state index in [2.05, 4.69) is 36.5 Å². The van der Waals surface area contributed by atoms with Crippen molar-refractivity contribution in [3.8, 4) is 0 Å². The van der Waals surface area contributed by atoms with Crippen LogP contribution in [0.4, 0.5) is 5.13 Å². The lowest BCUT2D eigenvalue weighted by atomic mass is 10.1. The molecule has 1 rings (SSSR count). The summed E-state index contributed by atoms with van der Waals surface area (Å²) < 4.78 is 0. The molecule has 0 atom stereocenters. The first-order valence-corrected chi connectivity index (χ1v) is 5.78. The van der Waals surface area contributed by atoms with Crippen molar-refractivity contribution >= 4 is 16.5 Å². The highest BCUT2D eigenvalue weighted by molar-refractivity contribution is 7.13. The van der Waals surface area contributed by atoms with Crippen LogP contribution in [-0.2, 0) is 6.42 Å². The Morgan fingerprint density at radius 2 is 2.31 bits per heavy atom. The van der Waals surface area contributed by atoms with Crippen molar-refractivity contribution in [3.63, 3.8) is 0 Å². The zero-order valence-electron chi connectivity index (χ0n) is 8.63. The molecule has 1 aromatic rings. The van der Waals surface area contributed by atoms with Crippen LogP contribution in [-0.4, -0.2) is 11.5 Å². The Morgan fingerprint density at radius 1 is 1.54 bits per heavy atom. The summed E-state index contributed by atoms with van der Waals surface area (Å²) in [5.41, 5.74) is 1.19. The van der Waals surface area contributed by atoms with Crippen molar-refractivity contribution in [2.24, 2.45) is 5.92 Å². The number of hydrogen-bond acceptors (Lipinski definition) is 3. The number of aromatic nitrogens is 1. The molecule has 0 aliphatic carbocycles. The van der Waals surface area contributed by atoms with Crippen LogP contribution in [0.25, 0.3) is 0 Å². The number of hydrogen-bond donors (Lipinski definition) is 1. The topological polar surface area (TPSA) is 24.9 Å². The summed E-state index contributed by atoms with van der Waals surface area (Å²) >= 11 is 1.70. The molecule has 0 radical (unpaired) electrons. The fraction of sp³-hybridized carbons (Fsp3) is 0.700. The van der Waals surface area contributed by atoms with Crippen molar-refractivity contribution < 1.29 is 0 Å². The molecule has 0 aliphatic heterocycles. The van der Waals surface area contributed by atoms with Crippen LogP contribution in [0.5, 0.6) is 0 Å². The monoisotopic (exact) mass is 198 g/mol. The number of thiazole rings is 1. The van der Waals surface area contributed by atoms with E-state index >= 15 is 0 Å². The third kappa shape index (κ3) is 3.77. The average Bonchev–Trinajstić information content (AvgIpc) is 2.52. The quantitative estimate of drug-likeness (QED) is 0.786. The molecule has 0 saturated carbocycles. The minimum Gasteiger partial charge on any atom is -0.362 e. The summed E-state index contributed by atoms with van der Waals surface area (Å²) in [5, 5.41) is 6.53. The first-order chi connectivity index (χ1) is 6.22. The molecule has 0 unspecified atom stereocenters. The Bertz CT molecular complexity index is 243. The maximum absolute atomic E-state index is 4.43. The lowest BCUT2D eigenvalue weighted by Gasteiger charge is -2.04. The molecule has 0 amide bonds. The molecule has 0 saturated heterocycles. The van der Waals surface area contributed by atoms with Gasteiger partial charge in [0.1, 0.15) is 0 Å². The Morgan fingerprint density at radius 3 is 2.85 bits per heavy atom. The molecular formula is C10H18N2S. The van der Waals surface area contributed by atoms with Gasteiger partial charge in [0.2, 0.25) is 0 Å². The van der Waals surface area contributed by atoms with E-state index in [4.69, 9.17) is 0 Å². The lowest BCUT2D eigenvalue weighted by Crippen LogP contribution is -2.04. The molecule has 0 fully saturated rings. The standard InChI is InChI=1S/C10H18N2S/c1-4-9-7-13-10(12-9)11-6-5-8(2)3/h7-8H,4-6H2,1-3H3,(H,11,12). The van der Waals surface area contributed by atoms with Gasteiger partial charge in [0.05, 0.1) is 5.69 Å². The Hall–Kier alpha value is -0.570. The third-order valence-corrected chi connectivity index (χ3v) is 2.76. The molecule has 0 spiro atoms. The Balaban J connectivity index is 2.28. The summed E-state index contributed by atoms with van der Waals surface area (Å²) in [7, 11) is 0. The maximum atomic E-state index is 4.43. The van der Waals surface area contributed by atoms with E-state index in [9.17, 15) is 0 Å². The van der Waals surface area contributed by atoms with E-state index in [-0.39, 0.29) is 0 Å². The molecule has 2 nitrogen and oxygen atoms in total. The summed E-state index contributed by atoms with van der Waals surface area (Å²) in [6.07, 6.45) is 2.24. The van der Waals surface area contributed by atoms with E-state index in [0.29, 0.717) is 0 Å². The van der Waals surface area contributed by atoms with E-state index in [1.165, 1.54) is 12.1 Å². The van der Waals surface area contributed by atoms with Gasteiger partial charge in [-0.25, -0.2) is 4.98 Å². The molecule has 1 aromatic heterocycles. The van der Waals surface area contributed by atoms with E-state index in [1.54, 1.807) is 11.3 Å². The molecule has 1 heterocycles. The van der Waals surface area contributed by atoms with Crippen LogP contribution in [0.15, 0.2) is 5.38 Å². The van der Waals surface area contributed by atoms with Gasteiger partial charge in [-0.15, -0.1) is 11.3 Å². The number of anilines is 1. The second-order valence-electron chi connectivity index (χ2n) is 3.61. The van der Waals surface area contributed by atoms with Gasteiger partial charge in [-0.05, 0) is 18.8 Å². The van der Waals surface area contributed by atoms with Gasteiger partial charge in [-0.3, -0.25) is 0 Å². The third-order valence-electron chi connectivity index (χ3n) is 1.91. The summed E-state index contributed by atoms with van der Waals surface area (Å²) in [4.78, 5) is 4.43. The van der Waals surface area contributed by atoms with E-state index in [1.807, 2.05) is 0 Å². The van der Waals surface area contributed by atoms with Crippen LogP contribution in [0, 0.1) is 5.92 Å². The zero-order chi connectivity index (χ0) is 9.68. The van der Waals surface area contributed by atoms with Crippen LogP contribution in [0.1, 0.15) is 32.9 Å². The number of rotatable bonds is 5. The molecular weight excluding hydrogens is 180 g/mol. The molecule has 1 N–H and O–H groups in total. The van der Waals surface area contributed by atoms with Crippen LogP contribution in [0.3, 0.4) is 0 Å². The van der Waals surface area contributed by atoms with Crippen molar-refractivity contribution in [2.75, 3.05) is 11.9 Å². The summed E-state index contributed by atoms with van der Waals surface area (Å²) in [6, 6.07) is 0. The summed E-state index contributed by atoms with van der Waals surface area (Å²) in [5.74, 6) is 0.762. The number of aryl methyl sites for hydroxylation is 1. The highest BCUT2D eigenvalue weighted by Crippen LogP contribution is 2.15. The second kappa shape index (κ2) is 5.22. The van der Waals surface area contributed by atoms with Crippen molar-refractivity contribution in [3.05, 3.63) is 11.1 Å². The van der Waals surface area contributed by atoms with Crippen LogP contribution in [0.2, 0.25) is 0 Å². The minimum atomic E-state index is 0.762. The molecule has 0 bridgehead atoms. The number of nitrogens with one attached hydrogen (secondary N) is 1. The summed E-state index contributed by atoms with van der Waals surface area (Å²) in [6.45, 7) is 7.64. The van der Waals surface area contributed by atoms with Gasteiger partial charge in [0.25, 0.3) is 0 Å². The van der Waals surface area contributed by atoms with Gasteiger partial charge in [-0.2, -0.15) is 0 Å². The molecule has 0 aliphatic rings. The van der Waals surface area contributed by atoms with Gasteiger partial charge >= 0.3 is 0 Å².